The summed E-state index contributed by atoms with van der Waals surface area (Å²) in [5.41, 5.74) is 0.0735. The summed E-state index contributed by atoms with van der Waals surface area (Å²) in [4.78, 5) is 23.1. The number of rotatable bonds is 3. The van der Waals surface area contributed by atoms with E-state index in [2.05, 4.69) is 37.2 Å². The Bertz CT molecular complexity index is 702. The Kier molecular flexibility index (Phi) is 4.56. The molecule has 0 aliphatic rings. The van der Waals surface area contributed by atoms with Crippen molar-refractivity contribution in [3.63, 3.8) is 0 Å². The van der Waals surface area contributed by atoms with Crippen LogP contribution in [-0.2, 0) is 0 Å². The van der Waals surface area contributed by atoms with Gasteiger partial charge in [-0.3, -0.25) is 4.79 Å². The molecule has 0 spiro atoms. The van der Waals surface area contributed by atoms with Gasteiger partial charge in [0, 0.05) is 0 Å². The Morgan fingerprint density at radius 2 is 1.90 bits per heavy atom. The lowest BCUT2D eigenvalue weighted by Crippen LogP contribution is -2.14. The van der Waals surface area contributed by atoms with Gasteiger partial charge in [0.2, 0.25) is 0 Å². The summed E-state index contributed by atoms with van der Waals surface area (Å²) in [7, 11) is 0. The third-order valence-corrected chi connectivity index (χ3v) is 4.70. The molecule has 2 N–H and O–H groups in total. The van der Waals surface area contributed by atoms with Crippen LogP contribution >= 0.6 is 43.2 Å². The van der Waals surface area contributed by atoms with Gasteiger partial charge in [-0.15, -0.1) is 11.3 Å². The van der Waals surface area contributed by atoms with Crippen LogP contribution in [0.3, 0.4) is 0 Å². The highest BCUT2D eigenvalue weighted by Crippen LogP contribution is 2.32. The summed E-state index contributed by atoms with van der Waals surface area (Å²) in [5, 5.41) is 11.4. The maximum atomic E-state index is 13.2. The van der Waals surface area contributed by atoms with Crippen LogP contribution in [0.15, 0.2) is 31.8 Å². The van der Waals surface area contributed by atoms with E-state index in [1.165, 1.54) is 11.3 Å². The van der Waals surface area contributed by atoms with Gasteiger partial charge in [-0.1, -0.05) is 0 Å². The second kappa shape index (κ2) is 6.02. The van der Waals surface area contributed by atoms with Crippen LogP contribution in [0.4, 0.5) is 10.1 Å². The molecule has 4 nitrogen and oxygen atoms in total. The summed E-state index contributed by atoms with van der Waals surface area (Å²) in [6, 6.07) is 4.68. The average molecular weight is 423 g/mol. The van der Waals surface area contributed by atoms with Crippen LogP contribution in [0.5, 0.6) is 0 Å². The molecule has 0 aliphatic heterocycles. The Morgan fingerprint density at radius 1 is 1.20 bits per heavy atom. The third kappa shape index (κ3) is 3.25. The van der Waals surface area contributed by atoms with Crippen molar-refractivity contribution in [1.82, 2.24) is 0 Å². The van der Waals surface area contributed by atoms with Crippen molar-refractivity contribution in [2.45, 2.75) is 0 Å². The standard InChI is InChI=1S/C12H6Br2FNO3S/c13-9-4-7(10(14)20-9)11(17)16-8-3-5(15)1-2-6(8)12(18)19/h1-4H,(H,16,17)(H,18,19). The lowest BCUT2D eigenvalue weighted by molar-refractivity contribution is 0.0698. The number of hydrogen-bond donors (Lipinski definition) is 2. The van der Waals surface area contributed by atoms with Crippen LogP contribution in [0.2, 0.25) is 0 Å². The molecule has 0 fully saturated rings. The van der Waals surface area contributed by atoms with Crippen molar-refractivity contribution in [2.24, 2.45) is 0 Å². The van der Waals surface area contributed by atoms with Gasteiger partial charge in [0.15, 0.2) is 0 Å². The topological polar surface area (TPSA) is 66.4 Å². The van der Waals surface area contributed by atoms with Crippen LogP contribution in [-0.4, -0.2) is 17.0 Å². The number of benzene rings is 1. The molecule has 0 saturated carbocycles. The smallest absolute Gasteiger partial charge is 0.337 e. The predicted octanol–water partition coefficient (Wildman–Crippen LogP) is 4.36. The number of thiophene rings is 1. The van der Waals surface area contributed by atoms with E-state index in [0.717, 1.165) is 22.0 Å². The minimum Gasteiger partial charge on any atom is -0.478 e. The number of nitrogens with one attached hydrogen (secondary N) is 1. The van der Waals surface area contributed by atoms with E-state index in [4.69, 9.17) is 5.11 Å². The van der Waals surface area contributed by atoms with Crippen LogP contribution in [0, 0.1) is 5.82 Å². The molecule has 0 bridgehead atoms. The zero-order chi connectivity index (χ0) is 14.9. The molecular formula is C12H6Br2FNO3S. The van der Waals surface area contributed by atoms with Crippen molar-refractivity contribution in [2.75, 3.05) is 5.32 Å². The van der Waals surface area contributed by atoms with Gasteiger partial charge in [0.1, 0.15) is 5.82 Å². The lowest BCUT2D eigenvalue weighted by atomic mass is 10.1. The Labute approximate surface area is 133 Å². The number of carbonyl (C=O) groups excluding carboxylic acids is 1. The quantitative estimate of drug-likeness (QED) is 0.772. The molecule has 2 rings (SSSR count). The van der Waals surface area contributed by atoms with E-state index in [9.17, 15) is 14.0 Å². The molecule has 1 heterocycles. The summed E-state index contributed by atoms with van der Waals surface area (Å²) in [5.74, 6) is -2.39. The molecular weight excluding hydrogens is 417 g/mol. The average Bonchev–Trinajstić information content (AvgIpc) is 2.68. The van der Waals surface area contributed by atoms with Crippen LogP contribution in [0.1, 0.15) is 20.7 Å². The van der Waals surface area contributed by atoms with Crippen molar-refractivity contribution < 1.29 is 19.1 Å². The molecule has 1 amide bonds. The molecule has 2 aromatic rings. The number of amides is 1. The molecule has 104 valence electrons. The third-order valence-electron chi connectivity index (χ3n) is 2.36. The summed E-state index contributed by atoms with van der Waals surface area (Å²) in [6.45, 7) is 0. The minimum atomic E-state index is -1.24. The SMILES string of the molecule is O=C(O)c1ccc(F)cc1NC(=O)c1cc(Br)sc1Br. The first kappa shape index (κ1) is 15.1. The fourth-order valence-corrected chi connectivity index (χ4v) is 4.28. The van der Waals surface area contributed by atoms with E-state index in [1.807, 2.05) is 0 Å². The number of carbonyl (C=O) groups is 2. The van der Waals surface area contributed by atoms with Crippen molar-refractivity contribution in [3.8, 4) is 0 Å². The van der Waals surface area contributed by atoms with E-state index in [-0.39, 0.29) is 11.3 Å². The highest BCUT2D eigenvalue weighted by Gasteiger charge is 2.17. The van der Waals surface area contributed by atoms with Gasteiger partial charge in [0.05, 0.1) is 24.4 Å². The number of aromatic carboxylic acids is 1. The fraction of sp³-hybridized carbons (Fsp3) is 0. The number of carboxylic acids is 1. The van der Waals surface area contributed by atoms with E-state index < -0.39 is 17.7 Å². The second-order valence-corrected chi connectivity index (χ2v) is 7.44. The Morgan fingerprint density at radius 3 is 2.45 bits per heavy atom. The first-order valence-corrected chi connectivity index (χ1v) is 7.57. The number of halogens is 3. The fourth-order valence-electron chi connectivity index (χ4n) is 1.49. The second-order valence-electron chi connectivity index (χ2n) is 3.69. The van der Waals surface area contributed by atoms with Gasteiger partial charge in [-0.25, -0.2) is 9.18 Å². The van der Waals surface area contributed by atoms with Gasteiger partial charge in [0.25, 0.3) is 5.91 Å². The molecule has 1 aromatic carbocycles. The molecule has 0 aliphatic carbocycles. The van der Waals surface area contributed by atoms with Crippen LogP contribution in [0.25, 0.3) is 0 Å². The number of carboxylic acid groups (broad SMARTS) is 1. The van der Waals surface area contributed by atoms with Crippen molar-refractivity contribution in [1.29, 1.82) is 0 Å². The minimum absolute atomic E-state index is 0.0864. The van der Waals surface area contributed by atoms with Crippen molar-refractivity contribution >= 4 is 60.8 Å². The van der Waals surface area contributed by atoms with Crippen molar-refractivity contribution in [3.05, 3.63) is 48.8 Å². The molecule has 0 atom stereocenters. The summed E-state index contributed by atoms with van der Waals surface area (Å²) < 4.78 is 14.5. The van der Waals surface area contributed by atoms with E-state index in [1.54, 1.807) is 6.07 Å². The van der Waals surface area contributed by atoms with E-state index >= 15 is 0 Å². The predicted molar refractivity (Wildman–Crippen MR) is 81.0 cm³/mol. The normalized spacial score (nSPS) is 10.3. The van der Waals surface area contributed by atoms with Crippen LogP contribution < -0.4 is 5.32 Å². The van der Waals surface area contributed by atoms with E-state index in [0.29, 0.717) is 9.35 Å². The van der Waals surface area contributed by atoms with Gasteiger partial charge in [-0.05, 0) is 56.1 Å². The maximum Gasteiger partial charge on any atom is 0.337 e. The first-order chi connectivity index (χ1) is 9.38. The van der Waals surface area contributed by atoms with Gasteiger partial charge >= 0.3 is 5.97 Å². The zero-order valence-corrected chi connectivity index (χ0v) is 13.6. The molecule has 1 aromatic heterocycles. The zero-order valence-electron chi connectivity index (χ0n) is 9.62. The molecule has 0 saturated heterocycles. The van der Waals surface area contributed by atoms with Gasteiger partial charge in [-0.2, -0.15) is 0 Å². The highest BCUT2D eigenvalue weighted by atomic mass is 79.9. The maximum absolute atomic E-state index is 13.2. The number of hydrogen-bond acceptors (Lipinski definition) is 3. The monoisotopic (exact) mass is 421 g/mol. The molecule has 20 heavy (non-hydrogen) atoms. The molecule has 0 unspecified atom stereocenters. The summed E-state index contributed by atoms with van der Waals surface area (Å²) >= 11 is 7.77. The van der Waals surface area contributed by atoms with Gasteiger partial charge < -0.3 is 10.4 Å². The molecule has 0 radical (unpaired) electrons. The Balaban J connectivity index is 2.34. The lowest BCUT2D eigenvalue weighted by Gasteiger charge is -2.08. The largest absolute Gasteiger partial charge is 0.478 e. The number of anilines is 1. The summed E-state index contributed by atoms with van der Waals surface area (Å²) in [6.07, 6.45) is 0. The first-order valence-electron chi connectivity index (χ1n) is 5.17. The Hall–Kier alpha value is -1.25. The highest BCUT2D eigenvalue weighted by molar-refractivity contribution is 9.12. The molecule has 8 heteroatoms.